The number of ether oxygens (including phenoxy) is 1. The lowest BCUT2D eigenvalue weighted by Gasteiger charge is -2.32. The van der Waals surface area contributed by atoms with E-state index in [2.05, 4.69) is 46.4 Å². The Kier molecular flexibility index (Phi) is 5.21. The molecule has 1 N–H and O–H groups in total. The van der Waals surface area contributed by atoms with Crippen molar-refractivity contribution in [1.82, 2.24) is 19.8 Å². The predicted molar refractivity (Wildman–Crippen MR) is 87.1 cm³/mol. The summed E-state index contributed by atoms with van der Waals surface area (Å²) in [7, 11) is 0. The number of nitrogens with zero attached hydrogens (tertiary/aromatic N) is 3. The maximum atomic E-state index is 5.80. The van der Waals surface area contributed by atoms with E-state index in [0.29, 0.717) is 6.10 Å². The number of imidazole rings is 1. The Labute approximate surface area is 131 Å². The summed E-state index contributed by atoms with van der Waals surface area (Å²) >= 11 is 0. The minimum atomic E-state index is 0.305. The van der Waals surface area contributed by atoms with E-state index in [0.717, 1.165) is 45.0 Å². The van der Waals surface area contributed by atoms with E-state index in [-0.39, 0.29) is 0 Å². The van der Waals surface area contributed by atoms with Crippen molar-refractivity contribution in [3.05, 3.63) is 48.5 Å². The smallest absolute Gasteiger partial charge is 0.0991 e. The van der Waals surface area contributed by atoms with Gasteiger partial charge in [-0.15, -0.1) is 0 Å². The van der Waals surface area contributed by atoms with Gasteiger partial charge in [-0.2, -0.15) is 0 Å². The summed E-state index contributed by atoms with van der Waals surface area (Å²) in [4.78, 5) is 6.51. The van der Waals surface area contributed by atoms with Gasteiger partial charge in [-0.1, -0.05) is 19.1 Å². The molecular formula is C17H24N4O. The zero-order chi connectivity index (χ0) is 15.2. The molecule has 5 nitrogen and oxygen atoms in total. The summed E-state index contributed by atoms with van der Waals surface area (Å²) in [6.07, 6.45) is 5.86. The lowest BCUT2D eigenvalue weighted by molar-refractivity contribution is -0.0253. The molecule has 1 fully saturated rings. The standard InChI is InChI=1S/C17H24N4O/c1-2-20-9-10-22-17(13-20)12-19-11-15-3-5-16(6-4-15)21-8-7-18-14-21/h3-8,14,17,19H,2,9-13H2,1H3/t17-/m0/s1. The number of aromatic nitrogens is 2. The third-order valence-electron chi connectivity index (χ3n) is 4.11. The Morgan fingerprint density at radius 1 is 1.32 bits per heavy atom. The molecule has 0 bridgehead atoms. The van der Waals surface area contributed by atoms with Crippen LogP contribution in [0.25, 0.3) is 5.69 Å². The normalized spacial score (nSPS) is 19.4. The van der Waals surface area contributed by atoms with Crippen LogP contribution in [0.4, 0.5) is 0 Å². The van der Waals surface area contributed by atoms with Crippen molar-refractivity contribution in [3.8, 4) is 5.69 Å². The second-order valence-electron chi connectivity index (χ2n) is 5.65. The van der Waals surface area contributed by atoms with Crippen LogP contribution in [-0.2, 0) is 11.3 Å². The van der Waals surface area contributed by atoms with Gasteiger partial charge in [0.15, 0.2) is 0 Å². The zero-order valence-electron chi connectivity index (χ0n) is 13.1. The fraction of sp³-hybridized carbons (Fsp3) is 0.471. The SMILES string of the molecule is CCN1CCO[C@@H](CNCc2ccc(-n3ccnc3)cc2)C1. The first-order valence-electron chi connectivity index (χ1n) is 7.97. The van der Waals surface area contributed by atoms with Crippen molar-refractivity contribution in [3.63, 3.8) is 0 Å². The van der Waals surface area contributed by atoms with Gasteiger partial charge in [0, 0.05) is 44.3 Å². The number of likely N-dealkylation sites (N-methyl/N-ethyl adjacent to an activating group) is 1. The number of nitrogens with one attached hydrogen (secondary N) is 1. The van der Waals surface area contributed by atoms with Gasteiger partial charge in [0.1, 0.15) is 0 Å². The molecule has 2 heterocycles. The summed E-state index contributed by atoms with van der Waals surface area (Å²) in [5, 5.41) is 3.50. The molecule has 5 heteroatoms. The van der Waals surface area contributed by atoms with Gasteiger partial charge in [-0.25, -0.2) is 4.98 Å². The highest BCUT2D eigenvalue weighted by Crippen LogP contribution is 2.09. The quantitative estimate of drug-likeness (QED) is 0.881. The minimum Gasteiger partial charge on any atom is -0.374 e. The molecule has 0 amide bonds. The fourth-order valence-electron chi connectivity index (χ4n) is 2.77. The maximum absolute atomic E-state index is 5.80. The monoisotopic (exact) mass is 300 g/mol. The highest BCUT2D eigenvalue weighted by atomic mass is 16.5. The van der Waals surface area contributed by atoms with E-state index in [4.69, 9.17) is 4.74 Å². The first-order valence-corrected chi connectivity index (χ1v) is 7.97. The zero-order valence-corrected chi connectivity index (χ0v) is 13.1. The van der Waals surface area contributed by atoms with Gasteiger partial charge >= 0.3 is 0 Å². The summed E-state index contributed by atoms with van der Waals surface area (Å²) in [6, 6.07) is 8.55. The molecule has 1 saturated heterocycles. The van der Waals surface area contributed by atoms with Crippen LogP contribution in [0, 0.1) is 0 Å². The van der Waals surface area contributed by atoms with Crippen molar-refractivity contribution in [2.45, 2.75) is 19.6 Å². The van der Waals surface area contributed by atoms with Crippen molar-refractivity contribution < 1.29 is 4.74 Å². The van der Waals surface area contributed by atoms with Crippen molar-refractivity contribution in [2.24, 2.45) is 0 Å². The van der Waals surface area contributed by atoms with Crippen LogP contribution >= 0.6 is 0 Å². The van der Waals surface area contributed by atoms with E-state index in [9.17, 15) is 0 Å². The summed E-state index contributed by atoms with van der Waals surface area (Å²) in [5.41, 5.74) is 2.42. The Balaban J connectivity index is 1.45. The molecule has 0 radical (unpaired) electrons. The number of morpholine rings is 1. The second kappa shape index (κ2) is 7.54. The molecule has 0 unspecified atom stereocenters. The molecule has 2 aromatic rings. The fourth-order valence-corrected chi connectivity index (χ4v) is 2.77. The molecule has 118 valence electrons. The largest absolute Gasteiger partial charge is 0.374 e. The molecule has 1 aliphatic rings. The van der Waals surface area contributed by atoms with E-state index >= 15 is 0 Å². The molecule has 3 rings (SSSR count). The molecule has 0 spiro atoms. The second-order valence-corrected chi connectivity index (χ2v) is 5.65. The number of hydrogen-bond acceptors (Lipinski definition) is 4. The molecule has 1 aromatic carbocycles. The Bertz CT molecular complexity index is 553. The number of rotatable bonds is 6. The van der Waals surface area contributed by atoms with Crippen LogP contribution in [0.1, 0.15) is 12.5 Å². The third kappa shape index (κ3) is 3.94. The van der Waals surface area contributed by atoms with E-state index in [1.54, 1.807) is 6.20 Å². The molecule has 22 heavy (non-hydrogen) atoms. The highest BCUT2D eigenvalue weighted by molar-refractivity contribution is 5.34. The van der Waals surface area contributed by atoms with Gasteiger partial charge in [-0.05, 0) is 24.2 Å². The number of benzene rings is 1. The van der Waals surface area contributed by atoms with Gasteiger partial charge in [-0.3, -0.25) is 4.90 Å². The Morgan fingerprint density at radius 2 is 2.18 bits per heavy atom. The average Bonchev–Trinajstić information content (AvgIpc) is 3.10. The minimum absolute atomic E-state index is 0.305. The first kappa shape index (κ1) is 15.2. The van der Waals surface area contributed by atoms with Crippen molar-refractivity contribution in [1.29, 1.82) is 0 Å². The summed E-state index contributed by atoms with van der Waals surface area (Å²) < 4.78 is 7.81. The van der Waals surface area contributed by atoms with Crippen LogP contribution in [0.3, 0.4) is 0 Å². The molecular weight excluding hydrogens is 276 g/mol. The lowest BCUT2D eigenvalue weighted by Crippen LogP contribution is -2.46. The van der Waals surface area contributed by atoms with Gasteiger partial charge in [0.05, 0.1) is 19.0 Å². The van der Waals surface area contributed by atoms with Crippen molar-refractivity contribution >= 4 is 0 Å². The first-order chi connectivity index (χ1) is 10.8. The van der Waals surface area contributed by atoms with Crippen LogP contribution in [0.2, 0.25) is 0 Å². The molecule has 0 aliphatic carbocycles. The van der Waals surface area contributed by atoms with Gasteiger partial charge in [0.25, 0.3) is 0 Å². The maximum Gasteiger partial charge on any atom is 0.0991 e. The van der Waals surface area contributed by atoms with E-state index < -0.39 is 0 Å². The summed E-state index contributed by atoms with van der Waals surface area (Å²) in [5.74, 6) is 0. The topological polar surface area (TPSA) is 42.3 Å². The van der Waals surface area contributed by atoms with Crippen LogP contribution in [-0.4, -0.2) is 53.3 Å². The van der Waals surface area contributed by atoms with Crippen molar-refractivity contribution in [2.75, 3.05) is 32.8 Å². The highest BCUT2D eigenvalue weighted by Gasteiger charge is 2.18. The van der Waals surface area contributed by atoms with E-state index in [1.165, 1.54) is 5.56 Å². The van der Waals surface area contributed by atoms with Gasteiger partial charge in [0.2, 0.25) is 0 Å². The van der Waals surface area contributed by atoms with E-state index in [1.807, 2.05) is 17.1 Å². The number of hydrogen-bond donors (Lipinski definition) is 1. The van der Waals surface area contributed by atoms with Gasteiger partial charge < -0.3 is 14.6 Å². The summed E-state index contributed by atoms with van der Waals surface area (Å²) in [6.45, 7) is 8.02. The molecule has 1 aliphatic heterocycles. The lowest BCUT2D eigenvalue weighted by atomic mass is 10.2. The van der Waals surface area contributed by atoms with Crippen LogP contribution < -0.4 is 5.32 Å². The predicted octanol–water partition coefficient (Wildman–Crippen LogP) is 1.68. The molecule has 1 atom stereocenters. The Morgan fingerprint density at radius 3 is 2.91 bits per heavy atom. The molecule has 0 saturated carbocycles. The molecule has 1 aromatic heterocycles. The van der Waals surface area contributed by atoms with Crippen LogP contribution in [0.15, 0.2) is 43.0 Å². The third-order valence-corrected chi connectivity index (χ3v) is 4.11. The Hall–Kier alpha value is -1.69. The van der Waals surface area contributed by atoms with Crippen LogP contribution in [0.5, 0.6) is 0 Å². The average molecular weight is 300 g/mol.